The summed E-state index contributed by atoms with van der Waals surface area (Å²) in [6.45, 7) is 1.90. The van der Waals surface area contributed by atoms with Crippen LogP contribution >= 0.6 is 0 Å². The summed E-state index contributed by atoms with van der Waals surface area (Å²) < 4.78 is 1.78. The third-order valence-corrected chi connectivity index (χ3v) is 4.14. The molecule has 1 saturated heterocycles. The molecule has 0 unspecified atom stereocenters. The maximum atomic E-state index is 4.47. The van der Waals surface area contributed by atoms with Crippen LogP contribution in [-0.4, -0.2) is 48.8 Å². The molecule has 0 saturated carbocycles. The SMILES string of the molecule is Cn1cc2c(N3CCC(Nc4ccncn4)CC3)ncnc2n1. The molecule has 4 heterocycles. The molecule has 0 atom stereocenters. The second kappa shape index (κ2) is 5.79. The fraction of sp³-hybridized carbons (Fsp3) is 0.400. The van der Waals surface area contributed by atoms with Gasteiger partial charge in [-0.05, 0) is 18.9 Å². The van der Waals surface area contributed by atoms with Crippen molar-refractivity contribution in [2.75, 3.05) is 23.3 Å². The number of hydrogen-bond donors (Lipinski definition) is 1. The molecule has 1 aliphatic rings. The van der Waals surface area contributed by atoms with E-state index >= 15 is 0 Å². The maximum Gasteiger partial charge on any atom is 0.186 e. The van der Waals surface area contributed by atoms with E-state index in [2.05, 4.69) is 35.3 Å². The van der Waals surface area contributed by atoms with Crippen molar-refractivity contribution < 1.29 is 0 Å². The van der Waals surface area contributed by atoms with E-state index in [9.17, 15) is 0 Å². The fourth-order valence-electron chi connectivity index (χ4n) is 3.01. The summed E-state index contributed by atoms with van der Waals surface area (Å²) in [5.41, 5.74) is 0.749. The van der Waals surface area contributed by atoms with Gasteiger partial charge in [-0.1, -0.05) is 0 Å². The van der Waals surface area contributed by atoms with Gasteiger partial charge in [-0.3, -0.25) is 4.68 Å². The number of aromatic nitrogens is 6. The number of aryl methyl sites for hydroxylation is 1. The third kappa shape index (κ3) is 2.79. The molecule has 8 nitrogen and oxygen atoms in total. The summed E-state index contributed by atoms with van der Waals surface area (Å²) in [6.07, 6.45) is 8.97. The average molecular weight is 310 g/mol. The Morgan fingerprint density at radius 3 is 2.78 bits per heavy atom. The molecule has 23 heavy (non-hydrogen) atoms. The standard InChI is InChI=1S/C15H18N8/c1-22-8-12-14(21-22)18-10-19-15(12)23-6-3-11(4-7-23)20-13-2-5-16-9-17-13/h2,5,8-11H,3-4,6-7H2,1H3,(H,16,17,20). The largest absolute Gasteiger partial charge is 0.367 e. The van der Waals surface area contributed by atoms with Crippen LogP contribution < -0.4 is 10.2 Å². The number of anilines is 2. The number of piperidine rings is 1. The van der Waals surface area contributed by atoms with Crippen molar-refractivity contribution in [1.82, 2.24) is 29.7 Å². The summed E-state index contributed by atoms with van der Waals surface area (Å²) in [4.78, 5) is 19.2. The minimum absolute atomic E-state index is 0.423. The zero-order valence-electron chi connectivity index (χ0n) is 12.9. The first-order chi connectivity index (χ1) is 11.3. The van der Waals surface area contributed by atoms with Crippen molar-refractivity contribution in [2.45, 2.75) is 18.9 Å². The Hall–Kier alpha value is -2.77. The Kier molecular flexibility index (Phi) is 3.49. The van der Waals surface area contributed by atoms with Gasteiger partial charge in [-0.2, -0.15) is 5.10 Å². The minimum Gasteiger partial charge on any atom is -0.367 e. The van der Waals surface area contributed by atoms with E-state index in [0.29, 0.717) is 6.04 Å². The molecular weight excluding hydrogens is 292 g/mol. The molecule has 3 aromatic heterocycles. The molecule has 1 fully saturated rings. The van der Waals surface area contributed by atoms with E-state index in [1.54, 1.807) is 23.5 Å². The van der Waals surface area contributed by atoms with Crippen LogP contribution in [0.1, 0.15) is 12.8 Å². The first-order valence-corrected chi connectivity index (χ1v) is 7.71. The zero-order chi connectivity index (χ0) is 15.6. The molecule has 0 amide bonds. The first-order valence-electron chi connectivity index (χ1n) is 7.71. The van der Waals surface area contributed by atoms with Crippen molar-refractivity contribution in [3.63, 3.8) is 0 Å². The van der Waals surface area contributed by atoms with Crippen LogP contribution in [0.2, 0.25) is 0 Å². The first kappa shape index (κ1) is 13.9. The second-order valence-corrected chi connectivity index (χ2v) is 5.74. The van der Waals surface area contributed by atoms with Gasteiger partial charge in [0.2, 0.25) is 0 Å². The molecule has 0 spiro atoms. The Morgan fingerprint density at radius 1 is 1.13 bits per heavy atom. The van der Waals surface area contributed by atoms with Gasteiger partial charge in [-0.15, -0.1) is 0 Å². The molecule has 4 rings (SSSR count). The average Bonchev–Trinajstić information content (AvgIpc) is 2.97. The molecule has 118 valence electrons. The van der Waals surface area contributed by atoms with E-state index in [0.717, 1.165) is 48.6 Å². The van der Waals surface area contributed by atoms with Gasteiger partial charge >= 0.3 is 0 Å². The number of fused-ring (bicyclic) bond motifs is 1. The molecular formula is C15H18N8. The fourth-order valence-corrected chi connectivity index (χ4v) is 3.01. The van der Waals surface area contributed by atoms with E-state index in [1.807, 2.05) is 19.3 Å². The van der Waals surface area contributed by atoms with Crippen LogP contribution in [0.4, 0.5) is 11.6 Å². The molecule has 0 aliphatic carbocycles. The predicted molar refractivity (Wildman–Crippen MR) is 87.2 cm³/mol. The number of nitrogens with one attached hydrogen (secondary N) is 1. The molecule has 8 heteroatoms. The third-order valence-electron chi connectivity index (χ3n) is 4.14. The normalized spacial score (nSPS) is 16.0. The highest BCUT2D eigenvalue weighted by atomic mass is 15.3. The van der Waals surface area contributed by atoms with Crippen molar-refractivity contribution in [1.29, 1.82) is 0 Å². The molecule has 0 aromatic carbocycles. The van der Waals surface area contributed by atoms with Gasteiger partial charge < -0.3 is 10.2 Å². The predicted octanol–water partition coefficient (Wildman–Crippen LogP) is 1.23. The maximum absolute atomic E-state index is 4.47. The van der Waals surface area contributed by atoms with Crippen LogP contribution in [0, 0.1) is 0 Å². The monoisotopic (exact) mass is 310 g/mol. The van der Waals surface area contributed by atoms with E-state index in [-0.39, 0.29) is 0 Å². The van der Waals surface area contributed by atoms with Crippen LogP contribution in [0.25, 0.3) is 11.0 Å². The zero-order valence-corrected chi connectivity index (χ0v) is 12.9. The summed E-state index contributed by atoms with van der Waals surface area (Å²) in [5, 5.41) is 8.83. The minimum atomic E-state index is 0.423. The number of rotatable bonds is 3. The Balaban J connectivity index is 1.46. The molecule has 0 radical (unpaired) electrons. The second-order valence-electron chi connectivity index (χ2n) is 5.74. The summed E-state index contributed by atoms with van der Waals surface area (Å²) in [5.74, 6) is 1.86. The van der Waals surface area contributed by atoms with E-state index < -0.39 is 0 Å². The molecule has 1 aliphatic heterocycles. The van der Waals surface area contributed by atoms with Gasteiger partial charge in [0.15, 0.2) is 5.65 Å². The quantitative estimate of drug-likeness (QED) is 0.779. The Morgan fingerprint density at radius 2 is 2.00 bits per heavy atom. The van der Waals surface area contributed by atoms with Crippen molar-refractivity contribution >= 4 is 22.7 Å². The van der Waals surface area contributed by atoms with Crippen molar-refractivity contribution in [2.24, 2.45) is 7.05 Å². The van der Waals surface area contributed by atoms with Crippen LogP contribution in [0.3, 0.4) is 0 Å². The number of hydrogen-bond acceptors (Lipinski definition) is 7. The van der Waals surface area contributed by atoms with E-state index in [4.69, 9.17) is 0 Å². The molecule has 0 bridgehead atoms. The van der Waals surface area contributed by atoms with Crippen molar-refractivity contribution in [3.8, 4) is 0 Å². The topological polar surface area (TPSA) is 84.7 Å². The summed E-state index contributed by atoms with van der Waals surface area (Å²) >= 11 is 0. The Labute approximate surface area is 133 Å². The highest BCUT2D eigenvalue weighted by Gasteiger charge is 2.22. The lowest BCUT2D eigenvalue weighted by Crippen LogP contribution is -2.39. The number of nitrogens with zero attached hydrogens (tertiary/aromatic N) is 7. The van der Waals surface area contributed by atoms with Gasteiger partial charge in [0.05, 0.1) is 5.39 Å². The lowest BCUT2D eigenvalue weighted by Gasteiger charge is -2.33. The van der Waals surface area contributed by atoms with E-state index in [1.165, 1.54) is 0 Å². The lowest BCUT2D eigenvalue weighted by atomic mass is 10.0. The lowest BCUT2D eigenvalue weighted by molar-refractivity contribution is 0.523. The highest BCUT2D eigenvalue weighted by molar-refractivity contribution is 5.86. The van der Waals surface area contributed by atoms with Gasteiger partial charge in [0.25, 0.3) is 0 Å². The Bertz CT molecular complexity index is 792. The van der Waals surface area contributed by atoms with Gasteiger partial charge in [0.1, 0.15) is 24.3 Å². The van der Waals surface area contributed by atoms with Crippen LogP contribution in [0.5, 0.6) is 0 Å². The highest BCUT2D eigenvalue weighted by Crippen LogP contribution is 2.25. The van der Waals surface area contributed by atoms with Crippen LogP contribution in [0.15, 0.2) is 31.1 Å². The molecule has 1 N–H and O–H groups in total. The van der Waals surface area contributed by atoms with Crippen LogP contribution in [-0.2, 0) is 7.05 Å². The summed E-state index contributed by atoms with van der Waals surface area (Å²) in [7, 11) is 1.91. The van der Waals surface area contributed by atoms with Gasteiger partial charge in [0, 0.05) is 38.6 Å². The summed E-state index contributed by atoms with van der Waals surface area (Å²) in [6, 6.07) is 2.32. The van der Waals surface area contributed by atoms with Gasteiger partial charge in [-0.25, -0.2) is 19.9 Å². The molecule has 3 aromatic rings. The van der Waals surface area contributed by atoms with Crippen molar-refractivity contribution in [3.05, 3.63) is 31.1 Å². The smallest absolute Gasteiger partial charge is 0.186 e.